The van der Waals surface area contributed by atoms with Crippen LogP contribution in [0.2, 0.25) is 0 Å². The highest BCUT2D eigenvalue weighted by molar-refractivity contribution is 7.93. The third-order valence-corrected chi connectivity index (χ3v) is 5.81. The lowest BCUT2D eigenvalue weighted by Gasteiger charge is -2.17. The summed E-state index contributed by atoms with van der Waals surface area (Å²) in [4.78, 5) is 12.5. The average Bonchev–Trinajstić information content (AvgIpc) is 2.95. The predicted molar refractivity (Wildman–Crippen MR) is 97.8 cm³/mol. The number of sulfonamides is 1. The molecule has 1 aliphatic rings. The number of amides is 1. The van der Waals surface area contributed by atoms with E-state index in [9.17, 15) is 13.2 Å². The number of carbonyl (C=O) groups is 1. The highest BCUT2D eigenvalue weighted by Gasteiger charge is 2.28. The van der Waals surface area contributed by atoms with E-state index in [1.54, 1.807) is 42.5 Å². The second kappa shape index (κ2) is 7.14. The fourth-order valence-corrected chi connectivity index (χ4v) is 4.34. The van der Waals surface area contributed by atoms with E-state index in [-0.39, 0.29) is 11.7 Å². The van der Waals surface area contributed by atoms with Crippen molar-refractivity contribution < 1.29 is 17.9 Å². The fraction of sp³-hybridized carbons (Fsp3) is 0.278. The molecule has 2 aromatic carbocycles. The molecule has 0 saturated carbocycles. The minimum absolute atomic E-state index is 0.180. The average molecular weight is 360 g/mol. The van der Waals surface area contributed by atoms with Crippen LogP contribution in [0, 0.1) is 0 Å². The molecule has 1 saturated heterocycles. The van der Waals surface area contributed by atoms with Crippen molar-refractivity contribution in [3.63, 3.8) is 0 Å². The zero-order valence-corrected chi connectivity index (χ0v) is 14.8. The molecule has 0 atom stereocenters. The summed E-state index contributed by atoms with van der Waals surface area (Å²) in [6, 6.07) is 13.8. The molecule has 7 heteroatoms. The molecule has 132 valence electrons. The van der Waals surface area contributed by atoms with Crippen molar-refractivity contribution in [1.29, 1.82) is 0 Å². The van der Waals surface area contributed by atoms with Gasteiger partial charge in [0.25, 0.3) is 5.91 Å². The van der Waals surface area contributed by atoms with E-state index in [1.165, 1.54) is 4.31 Å². The number of para-hydroxylation sites is 1. The Hall–Kier alpha value is -2.54. The number of benzene rings is 2. The zero-order chi connectivity index (χ0) is 17.9. The van der Waals surface area contributed by atoms with Crippen molar-refractivity contribution in [2.24, 2.45) is 0 Å². The van der Waals surface area contributed by atoms with Gasteiger partial charge in [-0.25, -0.2) is 8.42 Å². The van der Waals surface area contributed by atoms with Gasteiger partial charge < -0.3 is 10.1 Å². The molecule has 1 fully saturated rings. The van der Waals surface area contributed by atoms with Gasteiger partial charge in [0, 0.05) is 12.2 Å². The topological polar surface area (TPSA) is 75.7 Å². The number of hydrogen-bond donors (Lipinski definition) is 1. The molecule has 3 rings (SSSR count). The Labute approximate surface area is 147 Å². The maximum absolute atomic E-state index is 12.5. The Morgan fingerprint density at radius 2 is 1.88 bits per heavy atom. The van der Waals surface area contributed by atoms with Gasteiger partial charge in [0.05, 0.1) is 23.6 Å². The van der Waals surface area contributed by atoms with Crippen molar-refractivity contribution >= 4 is 27.3 Å². The number of nitrogens with one attached hydrogen (secondary N) is 1. The van der Waals surface area contributed by atoms with Crippen LogP contribution < -0.4 is 14.4 Å². The van der Waals surface area contributed by atoms with Gasteiger partial charge in [0.15, 0.2) is 0 Å². The smallest absolute Gasteiger partial charge is 0.259 e. The summed E-state index contributed by atoms with van der Waals surface area (Å²) in [5, 5.41) is 2.81. The lowest BCUT2D eigenvalue weighted by molar-refractivity contribution is 0.102. The molecule has 1 aliphatic heterocycles. The van der Waals surface area contributed by atoms with E-state index in [0.717, 1.165) is 0 Å². The minimum Gasteiger partial charge on any atom is -0.493 e. The van der Waals surface area contributed by atoms with Crippen molar-refractivity contribution in [2.45, 2.75) is 13.3 Å². The standard InChI is InChI=1S/C18H20N2O4S/c1-2-24-17-7-4-3-6-16(17)18(21)19-14-8-10-15(11-9-14)20-12-5-13-25(20,22)23/h3-4,6-11H,2,5,12-13H2,1H3,(H,19,21). The van der Waals surface area contributed by atoms with Gasteiger partial charge in [-0.15, -0.1) is 0 Å². The SMILES string of the molecule is CCOc1ccccc1C(=O)Nc1ccc(N2CCCS2(=O)=O)cc1. The van der Waals surface area contributed by atoms with Crippen molar-refractivity contribution in [3.8, 4) is 5.75 Å². The fourth-order valence-electron chi connectivity index (χ4n) is 2.77. The van der Waals surface area contributed by atoms with Crippen molar-refractivity contribution in [2.75, 3.05) is 28.5 Å². The van der Waals surface area contributed by atoms with Crippen LogP contribution in [0.5, 0.6) is 5.75 Å². The van der Waals surface area contributed by atoms with Crippen LogP contribution in [0.25, 0.3) is 0 Å². The molecule has 0 unspecified atom stereocenters. The van der Waals surface area contributed by atoms with E-state index in [1.807, 2.05) is 13.0 Å². The number of nitrogens with zero attached hydrogens (tertiary/aromatic N) is 1. The van der Waals surface area contributed by atoms with Crippen LogP contribution in [0.15, 0.2) is 48.5 Å². The highest BCUT2D eigenvalue weighted by atomic mass is 32.2. The van der Waals surface area contributed by atoms with E-state index in [4.69, 9.17) is 4.74 Å². The summed E-state index contributed by atoms with van der Waals surface area (Å²) in [6.07, 6.45) is 0.634. The molecule has 1 heterocycles. The van der Waals surface area contributed by atoms with E-state index >= 15 is 0 Å². The van der Waals surface area contributed by atoms with Gasteiger partial charge >= 0.3 is 0 Å². The molecule has 0 aromatic heterocycles. The summed E-state index contributed by atoms with van der Waals surface area (Å²) in [5.74, 6) is 0.438. The van der Waals surface area contributed by atoms with Gasteiger partial charge in [-0.05, 0) is 49.7 Å². The summed E-state index contributed by atoms with van der Waals surface area (Å²) in [7, 11) is -3.20. The minimum atomic E-state index is -3.20. The normalized spacial score (nSPS) is 15.8. The summed E-state index contributed by atoms with van der Waals surface area (Å²) in [6.45, 7) is 2.83. The zero-order valence-electron chi connectivity index (χ0n) is 13.9. The molecule has 6 nitrogen and oxygen atoms in total. The first-order valence-electron chi connectivity index (χ1n) is 8.15. The Bertz CT molecular complexity index is 863. The van der Waals surface area contributed by atoms with Crippen molar-refractivity contribution in [3.05, 3.63) is 54.1 Å². The van der Waals surface area contributed by atoms with Crippen LogP contribution in [0.1, 0.15) is 23.7 Å². The van der Waals surface area contributed by atoms with Crippen LogP contribution in [-0.4, -0.2) is 33.2 Å². The molecule has 2 aromatic rings. The quantitative estimate of drug-likeness (QED) is 0.890. The summed E-state index contributed by atoms with van der Waals surface area (Å²) < 4.78 is 30.8. The maximum Gasteiger partial charge on any atom is 0.259 e. The predicted octanol–water partition coefficient (Wildman–Crippen LogP) is 2.88. The third kappa shape index (κ3) is 3.76. The van der Waals surface area contributed by atoms with Crippen LogP contribution >= 0.6 is 0 Å². The van der Waals surface area contributed by atoms with E-state index in [2.05, 4.69) is 5.32 Å². The van der Waals surface area contributed by atoms with Gasteiger partial charge in [-0.1, -0.05) is 12.1 Å². The molecule has 0 bridgehead atoms. The van der Waals surface area contributed by atoms with Gasteiger partial charge in [0.1, 0.15) is 5.75 Å². The Morgan fingerprint density at radius 3 is 2.52 bits per heavy atom. The maximum atomic E-state index is 12.5. The molecule has 25 heavy (non-hydrogen) atoms. The Balaban J connectivity index is 1.75. The number of hydrogen-bond acceptors (Lipinski definition) is 4. The van der Waals surface area contributed by atoms with Gasteiger partial charge in [0.2, 0.25) is 10.0 Å². The monoisotopic (exact) mass is 360 g/mol. The second-order valence-corrected chi connectivity index (χ2v) is 7.68. The number of rotatable bonds is 5. The molecular weight excluding hydrogens is 340 g/mol. The first kappa shape index (κ1) is 17.3. The van der Waals surface area contributed by atoms with Crippen LogP contribution in [0.3, 0.4) is 0 Å². The third-order valence-electron chi connectivity index (χ3n) is 3.94. The number of anilines is 2. The molecular formula is C18H20N2O4S. The highest BCUT2D eigenvalue weighted by Crippen LogP contribution is 2.26. The van der Waals surface area contributed by atoms with Gasteiger partial charge in [-0.3, -0.25) is 9.10 Å². The summed E-state index contributed by atoms with van der Waals surface area (Å²) in [5.41, 5.74) is 1.66. The van der Waals surface area contributed by atoms with Crippen LogP contribution in [-0.2, 0) is 10.0 Å². The second-order valence-electron chi connectivity index (χ2n) is 5.67. The van der Waals surface area contributed by atoms with E-state index < -0.39 is 10.0 Å². The number of carbonyl (C=O) groups excluding carboxylic acids is 1. The first-order chi connectivity index (χ1) is 12.0. The number of ether oxygens (including phenoxy) is 1. The molecule has 0 radical (unpaired) electrons. The lowest BCUT2D eigenvalue weighted by Crippen LogP contribution is -2.25. The van der Waals surface area contributed by atoms with Gasteiger partial charge in [-0.2, -0.15) is 0 Å². The Kier molecular flexibility index (Phi) is 4.94. The Morgan fingerprint density at radius 1 is 1.16 bits per heavy atom. The van der Waals surface area contributed by atoms with Crippen molar-refractivity contribution in [1.82, 2.24) is 0 Å². The molecule has 1 N–H and O–H groups in total. The molecule has 0 aliphatic carbocycles. The molecule has 1 amide bonds. The van der Waals surface area contributed by atoms with Crippen LogP contribution in [0.4, 0.5) is 11.4 Å². The summed E-state index contributed by atoms with van der Waals surface area (Å²) >= 11 is 0. The largest absolute Gasteiger partial charge is 0.493 e. The van der Waals surface area contributed by atoms with E-state index in [0.29, 0.717) is 42.3 Å². The first-order valence-corrected chi connectivity index (χ1v) is 9.76. The molecule has 0 spiro atoms. The lowest BCUT2D eigenvalue weighted by atomic mass is 10.2.